The Labute approximate surface area is 208 Å². The Kier molecular flexibility index (Phi) is 11.9. The lowest BCUT2D eigenvalue weighted by molar-refractivity contribution is 0.150. The van der Waals surface area contributed by atoms with Crippen molar-refractivity contribution in [1.29, 1.82) is 0 Å². The molecular weight excluding hydrogens is 517 g/mol. The lowest BCUT2D eigenvalue weighted by Gasteiger charge is -2.32. The van der Waals surface area contributed by atoms with Gasteiger partial charge in [0.2, 0.25) is 0 Å². The number of aryl methyl sites for hydroxylation is 1. The van der Waals surface area contributed by atoms with Gasteiger partial charge in [-0.2, -0.15) is 0 Å². The summed E-state index contributed by atoms with van der Waals surface area (Å²) in [5.74, 6) is 1.83. The van der Waals surface area contributed by atoms with Crippen LogP contribution in [0.15, 0.2) is 50.8 Å². The molecule has 7 nitrogen and oxygen atoms in total. The number of pyridine rings is 1. The number of aliphatic imine (C=N–C) groups is 1. The molecule has 0 amide bonds. The standard InChI is InChI=1S/C24H37N5O2.HI/c1-3-25-24(26-14-5-8-17-29-20(2)11-9-13-23(29)30)27-19-21(22-12-10-18-31-22)28-15-6-4-7-16-28;/h9-13,18,21H,3-8,14-17,19H2,1-2H3,(H2,25,26,27);1H. The molecule has 1 fully saturated rings. The Bertz CT molecular complexity index is 860. The molecule has 3 heterocycles. The molecule has 0 bridgehead atoms. The SMILES string of the molecule is CCNC(=NCC(c1ccco1)N1CCCCC1)NCCCCn1c(C)cccc1=O.I. The first kappa shape index (κ1) is 26.4. The molecule has 1 saturated heterocycles. The van der Waals surface area contributed by atoms with Crippen molar-refractivity contribution in [2.24, 2.45) is 4.99 Å². The van der Waals surface area contributed by atoms with Crippen LogP contribution in [-0.4, -0.2) is 48.2 Å². The largest absolute Gasteiger partial charge is 0.468 e. The number of aromatic nitrogens is 1. The Morgan fingerprint density at radius 1 is 1.12 bits per heavy atom. The average Bonchev–Trinajstić information content (AvgIpc) is 3.30. The molecule has 1 atom stereocenters. The first-order valence-corrected chi connectivity index (χ1v) is 11.6. The Morgan fingerprint density at radius 3 is 2.62 bits per heavy atom. The number of furan rings is 1. The molecule has 8 heteroatoms. The quantitative estimate of drug-likeness (QED) is 0.201. The molecule has 1 aliphatic rings. The summed E-state index contributed by atoms with van der Waals surface area (Å²) in [4.78, 5) is 19.3. The zero-order valence-corrected chi connectivity index (χ0v) is 21.7. The fourth-order valence-electron chi connectivity index (χ4n) is 4.13. The van der Waals surface area contributed by atoms with Gasteiger partial charge in [-0.1, -0.05) is 12.5 Å². The highest BCUT2D eigenvalue weighted by Gasteiger charge is 2.24. The van der Waals surface area contributed by atoms with Crippen molar-refractivity contribution < 1.29 is 4.42 Å². The number of halogens is 1. The summed E-state index contributed by atoms with van der Waals surface area (Å²) in [7, 11) is 0. The summed E-state index contributed by atoms with van der Waals surface area (Å²) < 4.78 is 7.58. The van der Waals surface area contributed by atoms with Crippen molar-refractivity contribution in [2.75, 3.05) is 32.7 Å². The normalized spacial score (nSPS) is 15.8. The van der Waals surface area contributed by atoms with E-state index in [4.69, 9.17) is 9.41 Å². The molecule has 32 heavy (non-hydrogen) atoms. The Balaban J connectivity index is 0.00000363. The van der Waals surface area contributed by atoms with Crippen LogP contribution in [0.4, 0.5) is 0 Å². The van der Waals surface area contributed by atoms with E-state index >= 15 is 0 Å². The summed E-state index contributed by atoms with van der Waals surface area (Å²) >= 11 is 0. The van der Waals surface area contributed by atoms with Crippen LogP contribution in [0, 0.1) is 6.92 Å². The predicted molar refractivity (Wildman–Crippen MR) is 141 cm³/mol. The van der Waals surface area contributed by atoms with Gasteiger partial charge in [0.15, 0.2) is 5.96 Å². The summed E-state index contributed by atoms with van der Waals surface area (Å²) in [6, 6.07) is 9.61. The van der Waals surface area contributed by atoms with Gasteiger partial charge in [0.25, 0.3) is 5.56 Å². The van der Waals surface area contributed by atoms with Crippen LogP contribution in [0.5, 0.6) is 0 Å². The molecule has 3 rings (SSSR count). The van der Waals surface area contributed by atoms with Gasteiger partial charge in [0.05, 0.1) is 18.8 Å². The Morgan fingerprint density at radius 2 is 1.94 bits per heavy atom. The smallest absolute Gasteiger partial charge is 0.250 e. The second kappa shape index (κ2) is 14.4. The molecule has 0 spiro atoms. The van der Waals surface area contributed by atoms with Crippen molar-refractivity contribution in [3.63, 3.8) is 0 Å². The first-order chi connectivity index (χ1) is 15.2. The maximum atomic E-state index is 12.0. The third kappa shape index (κ3) is 7.95. The number of hydrogen-bond donors (Lipinski definition) is 2. The molecule has 1 aliphatic heterocycles. The van der Waals surface area contributed by atoms with Crippen molar-refractivity contribution in [1.82, 2.24) is 20.1 Å². The third-order valence-corrected chi connectivity index (χ3v) is 5.84. The van der Waals surface area contributed by atoms with Gasteiger partial charge in [0.1, 0.15) is 5.76 Å². The van der Waals surface area contributed by atoms with Gasteiger partial charge in [-0.3, -0.25) is 14.7 Å². The predicted octanol–water partition coefficient (Wildman–Crippen LogP) is 3.93. The van der Waals surface area contributed by atoms with Gasteiger partial charge in [0, 0.05) is 31.4 Å². The van der Waals surface area contributed by atoms with Gasteiger partial charge in [-0.05, 0) is 70.8 Å². The molecule has 0 aliphatic carbocycles. The molecule has 2 aromatic heterocycles. The van der Waals surface area contributed by atoms with E-state index in [1.807, 2.05) is 29.7 Å². The monoisotopic (exact) mass is 555 g/mol. The number of rotatable bonds is 10. The number of hydrogen-bond acceptors (Lipinski definition) is 4. The van der Waals surface area contributed by atoms with Crippen LogP contribution in [0.1, 0.15) is 56.5 Å². The summed E-state index contributed by atoms with van der Waals surface area (Å²) in [6.07, 6.45) is 7.45. The van der Waals surface area contributed by atoms with E-state index in [9.17, 15) is 4.79 Å². The van der Waals surface area contributed by atoms with Crippen LogP contribution in [0.2, 0.25) is 0 Å². The second-order valence-electron chi connectivity index (χ2n) is 8.14. The van der Waals surface area contributed by atoms with Crippen LogP contribution in [0.3, 0.4) is 0 Å². The van der Waals surface area contributed by atoms with E-state index in [0.29, 0.717) is 6.54 Å². The minimum absolute atomic E-state index is 0. The van der Waals surface area contributed by atoms with E-state index in [1.165, 1.54) is 19.3 Å². The van der Waals surface area contributed by atoms with Crippen molar-refractivity contribution in [3.05, 3.63) is 58.4 Å². The van der Waals surface area contributed by atoms with E-state index in [0.717, 1.165) is 63.0 Å². The highest BCUT2D eigenvalue weighted by molar-refractivity contribution is 14.0. The topological polar surface area (TPSA) is 74.8 Å². The fourth-order valence-corrected chi connectivity index (χ4v) is 4.13. The number of nitrogens with one attached hydrogen (secondary N) is 2. The highest BCUT2D eigenvalue weighted by atomic mass is 127. The minimum atomic E-state index is 0. The van der Waals surface area contributed by atoms with Gasteiger partial charge < -0.3 is 19.6 Å². The lowest BCUT2D eigenvalue weighted by atomic mass is 10.1. The van der Waals surface area contributed by atoms with Crippen molar-refractivity contribution in [3.8, 4) is 0 Å². The molecule has 1 unspecified atom stereocenters. The van der Waals surface area contributed by atoms with Gasteiger partial charge in [-0.25, -0.2) is 0 Å². The maximum absolute atomic E-state index is 12.0. The zero-order valence-electron chi connectivity index (χ0n) is 19.4. The fraction of sp³-hybridized carbons (Fsp3) is 0.583. The van der Waals surface area contributed by atoms with Crippen molar-refractivity contribution in [2.45, 2.75) is 58.5 Å². The van der Waals surface area contributed by atoms with E-state index in [2.05, 4.69) is 28.5 Å². The molecule has 178 valence electrons. The maximum Gasteiger partial charge on any atom is 0.250 e. The first-order valence-electron chi connectivity index (χ1n) is 11.6. The van der Waals surface area contributed by atoms with Crippen LogP contribution in [0.25, 0.3) is 0 Å². The summed E-state index contributed by atoms with van der Waals surface area (Å²) in [6.45, 7) is 9.31. The molecular formula is C24H38IN5O2. The number of nitrogens with zero attached hydrogens (tertiary/aromatic N) is 3. The van der Waals surface area contributed by atoms with Crippen molar-refractivity contribution >= 4 is 29.9 Å². The van der Waals surface area contributed by atoms with Crippen LogP contribution < -0.4 is 16.2 Å². The van der Waals surface area contributed by atoms with Gasteiger partial charge in [-0.15, -0.1) is 24.0 Å². The van der Waals surface area contributed by atoms with Gasteiger partial charge >= 0.3 is 0 Å². The summed E-state index contributed by atoms with van der Waals surface area (Å²) in [5, 5.41) is 6.79. The molecule has 0 saturated carbocycles. The average molecular weight is 556 g/mol. The van der Waals surface area contributed by atoms with E-state index in [-0.39, 0.29) is 35.6 Å². The number of piperidine rings is 1. The molecule has 2 N–H and O–H groups in total. The van der Waals surface area contributed by atoms with Crippen LogP contribution in [-0.2, 0) is 6.54 Å². The zero-order chi connectivity index (χ0) is 21.9. The number of unbranched alkanes of at least 4 members (excludes halogenated alkanes) is 1. The third-order valence-electron chi connectivity index (χ3n) is 5.84. The number of guanidine groups is 1. The molecule has 2 aromatic rings. The molecule has 0 radical (unpaired) electrons. The molecule has 0 aromatic carbocycles. The number of likely N-dealkylation sites (tertiary alicyclic amines) is 1. The van der Waals surface area contributed by atoms with E-state index in [1.54, 1.807) is 12.3 Å². The Hall–Kier alpha value is -1.81. The van der Waals surface area contributed by atoms with E-state index < -0.39 is 0 Å². The minimum Gasteiger partial charge on any atom is -0.468 e. The lowest BCUT2D eigenvalue weighted by Crippen LogP contribution is -2.40. The van der Waals surface area contributed by atoms with Crippen LogP contribution >= 0.6 is 24.0 Å². The summed E-state index contributed by atoms with van der Waals surface area (Å²) in [5.41, 5.74) is 1.08. The highest BCUT2D eigenvalue weighted by Crippen LogP contribution is 2.25. The second-order valence-corrected chi connectivity index (χ2v) is 8.14.